The highest BCUT2D eigenvalue weighted by Gasteiger charge is 2.35. The summed E-state index contributed by atoms with van der Waals surface area (Å²) in [6, 6.07) is 16.5. The first-order chi connectivity index (χ1) is 12.0. The third-order valence-electron chi connectivity index (χ3n) is 4.43. The lowest BCUT2D eigenvalue weighted by Crippen LogP contribution is -2.34. The highest BCUT2D eigenvalue weighted by molar-refractivity contribution is 5.81. The third kappa shape index (κ3) is 3.37. The second-order valence-electron chi connectivity index (χ2n) is 6.23. The number of H-pyrrole nitrogens is 1. The summed E-state index contributed by atoms with van der Waals surface area (Å²) in [6.07, 6.45) is -0.907. The Morgan fingerprint density at radius 3 is 2.36 bits per heavy atom. The van der Waals surface area contributed by atoms with Gasteiger partial charge in [-0.3, -0.25) is 9.59 Å². The number of carbonyl (C=O) groups excluding carboxylic acids is 1. The Bertz CT molecular complexity index is 948. The molecule has 0 saturated heterocycles. The SMILES string of the molecule is CC(=O)C(C(C)O)C(c1ccccc1)c1nc2ccccc2[nH]c1=O. The molecule has 5 heteroatoms. The van der Waals surface area contributed by atoms with Crippen molar-refractivity contribution in [3.8, 4) is 0 Å². The number of aliphatic hydroxyl groups excluding tert-OH is 1. The van der Waals surface area contributed by atoms with E-state index in [2.05, 4.69) is 9.97 Å². The molecule has 3 rings (SSSR count). The molecule has 5 nitrogen and oxygen atoms in total. The van der Waals surface area contributed by atoms with Crippen molar-refractivity contribution < 1.29 is 9.90 Å². The van der Waals surface area contributed by atoms with Crippen LogP contribution in [0.3, 0.4) is 0 Å². The zero-order valence-corrected chi connectivity index (χ0v) is 14.1. The summed E-state index contributed by atoms with van der Waals surface area (Å²) < 4.78 is 0. The van der Waals surface area contributed by atoms with E-state index < -0.39 is 17.9 Å². The Balaban J connectivity index is 2.26. The van der Waals surface area contributed by atoms with E-state index in [0.717, 1.165) is 5.56 Å². The van der Waals surface area contributed by atoms with Crippen LogP contribution >= 0.6 is 0 Å². The Kier molecular flexibility index (Phi) is 4.76. The molecule has 25 heavy (non-hydrogen) atoms. The van der Waals surface area contributed by atoms with Crippen molar-refractivity contribution >= 4 is 16.8 Å². The van der Waals surface area contributed by atoms with Crippen molar-refractivity contribution in [3.05, 3.63) is 76.2 Å². The van der Waals surface area contributed by atoms with Crippen molar-refractivity contribution in [3.63, 3.8) is 0 Å². The highest BCUT2D eigenvalue weighted by Crippen LogP contribution is 2.32. The molecule has 0 saturated carbocycles. The van der Waals surface area contributed by atoms with Crippen LogP contribution in [0.2, 0.25) is 0 Å². The van der Waals surface area contributed by atoms with Crippen LogP contribution in [0, 0.1) is 5.92 Å². The molecule has 3 atom stereocenters. The molecule has 0 amide bonds. The zero-order valence-electron chi connectivity index (χ0n) is 14.1. The van der Waals surface area contributed by atoms with Gasteiger partial charge in [0.15, 0.2) is 0 Å². The molecule has 2 N–H and O–H groups in total. The molecule has 0 fully saturated rings. The molecule has 0 aliphatic heterocycles. The summed E-state index contributed by atoms with van der Waals surface area (Å²) in [5, 5.41) is 10.2. The minimum absolute atomic E-state index is 0.182. The van der Waals surface area contributed by atoms with E-state index in [4.69, 9.17) is 0 Å². The van der Waals surface area contributed by atoms with E-state index in [9.17, 15) is 14.7 Å². The van der Waals surface area contributed by atoms with Crippen molar-refractivity contribution in [2.75, 3.05) is 0 Å². The van der Waals surface area contributed by atoms with Crippen LogP contribution in [0.1, 0.15) is 31.0 Å². The quantitative estimate of drug-likeness (QED) is 0.750. The molecule has 2 aromatic carbocycles. The smallest absolute Gasteiger partial charge is 0.270 e. The van der Waals surface area contributed by atoms with Gasteiger partial charge in [-0.25, -0.2) is 4.98 Å². The molecule has 1 aromatic heterocycles. The van der Waals surface area contributed by atoms with E-state index in [0.29, 0.717) is 11.0 Å². The molecule has 0 spiro atoms. The first kappa shape index (κ1) is 17.0. The van der Waals surface area contributed by atoms with Gasteiger partial charge in [0.25, 0.3) is 5.56 Å². The van der Waals surface area contributed by atoms with Crippen molar-refractivity contribution in [1.29, 1.82) is 0 Å². The molecule has 128 valence electrons. The Hall–Kier alpha value is -2.79. The maximum atomic E-state index is 12.7. The van der Waals surface area contributed by atoms with E-state index in [-0.39, 0.29) is 17.0 Å². The Morgan fingerprint density at radius 2 is 1.72 bits per heavy atom. The van der Waals surface area contributed by atoms with Gasteiger partial charge in [-0.15, -0.1) is 0 Å². The van der Waals surface area contributed by atoms with Crippen LogP contribution in [-0.4, -0.2) is 27.0 Å². The maximum absolute atomic E-state index is 12.7. The molecule has 0 aliphatic rings. The number of hydrogen-bond donors (Lipinski definition) is 2. The number of nitrogens with one attached hydrogen (secondary N) is 1. The molecule has 0 bridgehead atoms. The van der Waals surface area contributed by atoms with Crippen molar-refractivity contribution in [2.24, 2.45) is 5.92 Å². The minimum Gasteiger partial charge on any atom is -0.393 e. The van der Waals surface area contributed by atoms with E-state index in [1.807, 2.05) is 48.5 Å². The number of aromatic nitrogens is 2. The van der Waals surface area contributed by atoms with Gasteiger partial charge in [-0.1, -0.05) is 42.5 Å². The van der Waals surface area contributed by atoms with E-state index in [1.54, 1.807) is 13.0 Å². The lowest BCUT2D eigenvalue weighted by molar-refractivity contribution is -0.124. The summed E-state index contributed by atoms with van der Waals surface area (Å²) in [6.45, 7) is 3.00. The summed E-state index contributed by atoms with van der Waals surface area (Å²) in [4.78, 5) is 32.3. The number of hydrogen-bond acceptors (Lipinski definition) is 4. The second kappa shape index (κ2) is 6.99. The molecular formula is C20H20N2O3. The van der Waals surface area contributed by atoms with Crippen molar-refractivity contribution in [1.82, 2.24) is 9.97 Å². The van der Waals surface area contributed by atoms with Gasteiger partial charge in [-0.2, -0.15) is 0 Å². The van der Waals surface area contributed by atoms with Crippen LogP contribution in [0.5, 0.6) is 0 Å². The standard InChI is InChI=1S/C20H20N2O3/c1-12(23)17(13(2)24)18(14-8-4-3-5-9-14)19-20(25)22-16-11-7-6-10-15(16)21-19/h3-12,17-18,23H,1-2H3,(H,22,25). The zero-order chi connectivity index (χ0) is 18.0. The number of ketones is 1. The molecular weight excluding hydrogens is 316 g/mol. The van der Waals surface area contributed by atoms with Crippen LogP contribution in [0.4, 0.5) is 0 Å². The predicted molar refractivity (Wildman–Crippen MR) is 96.5 cm³/mol. The molecule has 1 heterocycles. The number of aliphatic hydroxyl groups is 1. The number of carbonyl (C=O) groups is 1. The van der Waals surface area contributed by atoms with Crippen LogP contribution in [0.15, 0.2) is 59.4 Å². The second-order valence-corrected chi connectivity index (χ2v) is 6.23. The number of aromatic amines is 1. The highest BCUT2D eigenvalue weighted by atomic mass is 16.3. The number of para-hydroxylation sites is 2. The first-order valence-corrected chi connectivity index (χ1v) is 8.21. The molecule has 3 unspecified atom stereocenters. The average Bonchev–Trinajstić information content (AvgIpc) is 2.59. The number of Topliss-reactive ketones (excluding diaryl/α,β-unsaturated/α-hetero) is 1. The summed E-state index contributed by atoms with van der Waals surface area (Å²) in [7, 11) is 0. The predicted octanol–water partition coefficient (Wildman–Crippen LogP) is 2.64. The average molecular weight is 336 g/mol. The van der Waals surface area contributed by atoms with E-state index >= 15 is 0 Å². The number of nitrogens with zero attached hydrogens (tertiary/aromatic N) is 1. The van der Waals surface area contributed by atoms with Gasteiger partial charge in [0.05, 0.1) is 23.1 Å². The van der Waals surface area contributed by atoms with Crippen LogP contribution < -0.4 is 5.56 Å². The fourth-order valence-electron chi connectivity index (χ4n) is 3.30. The monoisotopic (exact) mass is 336 g/mol. The first-order valence-electron chi connectivity index (χ1n) is 8.21. The Labute approximate surface area is 145 Å². The molecule has 0 radical (unpaired) electrons. The number of rotatable bonds is 5. The molecule has 0 aliphatic carbocycles. The summed E-state index contributed by atoms with van der Waals surface area (Å²) in [5.74, 6) is -1.55. The van der Waals surface area contributed by atoms with Gasteiger partial charge in [0.1, 0.15) is 11.5 Å². The lowest BCUT2D eigenvalue weighted by atomic mass is 9.78. The number of benzene rings is 2. The maximum Gasteiger partial charge on any atom is 0.270 e. The van der Waals surface area contributed by atoms with Gasteiger partial charge in [0, 0.05) is 5.92 Å². The topological polar surface area (TPSA) is 83.0 Å². The normalized spacial score (nSPS) is 14.8. The van der Waals surface area contributed by atoms with Gasteiger partial charge in [-0.05, 0) is 31.5 Å². The van der Waals surface area contributed by atoms with Gasteiger partial charge in [0.2, 0.25) is 0 Å². The Morgan fingerprint density at radius 1 is 1.08 bits per heavy atom. The largest absolute Gasteiger partial charge is 0.393 e. The van der Waals surface area contributed by atoms with Gasteiger partial charge < -0.3 is 10.1 Å². The van der Waals surface area contributed by atoms with Crippen LogP contribution in [-0.2, 0) is 4.79 Å². The summed E-state index contributed by atoms with van der Waals surface area (Å²) in [5.41, 5.74) is 1.95. The third-order valence-corrected chi connectivity index (χ3v) is 4.43. The molecule has 3 aromatic rings. The van der Waals surface area contributed by atoms with Crippen molar-refractivity contribution in [2.45, 2.75) is 25.9 Å². The van der Waals surface area contributed by atoms with Crippen LogP contribution in [0.25, 0.3) is 11.0 Å². The van der Waals surface area contributed by atoms with E-state index in [1.165, 1.54) is 6.92 Å². The van der Waals surface area contributed by atoms with Gasteiger partial charge >= 0.3 is 0 Å². The fourth-order valence-corrected chi connectivity index (χ4v) is 3.30. The lowest BCUT2D eigenvalue weighted by Gasteiger charge is -2.27. The fraction of sp³-hybridized carbons (Fsp3) is 0.250. The number of fused-ring (bicyclic) bond motifs is 1. The summed E-state index contributed by atoms with van der Waals surface area (Å²) >= 11 is 0. The minimum atomic E-state index is -0.907.